The van der Waals surface area contributed by atoms with Gasteiger partial charge in [0, 0.05) is 42.9 Å². The first-order chi connectivity index (χ1) is 20.3. The first-order valence-electron chi connectivity index (χ1n) is 14.9. The van der Waals surface area contributed by atoms with Gasteiger partial charge in [0.25, 0.3) is 5.91 Å². The summed E-state index contributed by atoms with van der Waals surface area (Å²) in [5, 5.41) is 9.46. The van der Waals surface area contributed by atoms with E-state index in [0.717, 1.165) is 28.9 Å². The van der Waals surface area contributed by atoms with Crippen LogP contribution in [0, 0.1) is 25.7 Å². The molecule has 2 bridgehead atoms. The van der Waals surface area contributed by atoms with Crippen molar-refractivity contribution in [3.8, 4) is 0 Å². The van der Waals surface area contributed by atoms with E-state index in [1.54, 1.807) is 38.6 Å². The second-order valence-corrected chi connectivity index (χ2v) is 13.2. The Morgan fingerprint density at radius 2 is 1.67 bits per heavy atom. The number of thioether (sulfide) groups is 1. The Labute approximate surface area is 253 Å². The molecule has 5 atom stereocenters. The molecule has 7 nitrogen and oxygen atoms in total. The molecule has 0 saturated carbocycles. The number of carbonyl (C=O) groups is 3. The van der Waals surface area contributed by atoms with Crippen LogP contribution in [0.2, 0.25) is 0 Å². The van der Waals surface area contributed by atoms with Crippen molar-refractivity contribution in [1.29, 1.82) is 0 Å². The lowest BCUT2D eigenvalue weighted by Crippen LogP contribution is -2.55. The fraction of sp³-hybridized carbons (Fsp3) is 0.441. The number of amides is 3. The summed E-state index contributed by atoms with van der Waals surface area (Å²) in [7, 11) is 0. The lowest BCUT2D eigenvalue weighted by Gasteiger charge is -2.38. The topological polar surface area (TPSA) is 81.2 Å². The highest BCUT2D eigenvalue weighted by Gasteiger charge is 2.74. The van der Waals surface area contributed by atoms with Crippen LogP contribution in [-0.4, -0.2) is 70.0 Å². The van der Waals surface area contributed by atoms with E-state index in [1.807, 2.05) is 62.4 Å². The van der Waals surface area contributed by atoms with Crippen LogP contribution in [0.15, 0.2) is 73.8 Å². The van der Waals surface area contributed by atoms with E-state index in [4.69, 9.17) is 0 Å². The summed E-state index contributed by atoms with van der Waals surface area (Å²) in [4.78, 5) is 48.8. The van der Waals surface area contributed by atoms with Gasteiger partial charge in [-0.3, -0.25) is 14.4 Å². The van der Waals surface area contributed by atoms with Gasteiger partial charge >= 0.3 is 0 Å². The molecule has 1 spiro atoms. The number of rotatable bonds is 12. The van der Waals surface area contributed by atoms with Gasteiger partial charge in [0.1, 0.15) is 6.04 Å². The summed E-state index contributed by atoms with van der Waals surface area (Å²) in [5.41, 5.74) is 3.58. The largest absolute Gasteiger partial charge is 0.396 e. The monoisotopic (exact) mass is 587 g/mol. The zero-order valence-electron chi connectivity index (χ0n) is 24.6. The molecule has 0 aromatic heterocycles. The van der Waals surface area contributed by atoms with Crippen LogP contribution < -0.4 is 9.80 Å². The third kappa shape index (κ3) is 4.98. The number of hydrogen-bond acceptors (Lipinski definition) is 5. The van der Waals surface area contributed by atoms with Gasteiger partial charge in [0.2, 0.25) is 11.8 Å². The number of anilines is 2. The minimum Gasteiger partial charge on any atom is -0.396 e. The van der Waals surface area contributed by atoms with E-state index < -0.39 is 22.6 Å². The van der Waals surface area contributed by atoms with Crippen molar-refractivity contribution in [3.05, 3.63) is 85.0 Å². The van der Waals surface area contributed by atoms with E-state index in [-0.39, 0.29) is 29.6 Å². The first kappa shape index (κ1) is 30.1. The standard InChI is InChI=1S/C34H41N3O4S/c1-5-19-35(25-15-8-7-9-16-25)31(39)27-26-17-18-34(42-26)28(27)32(40)37(21-10-11-22-38)30(34)33(41)36(20-6-2)29-23(3)13-12-14-24(29)4/h5-9,12-16,26-28,30,38H,1-2,10-11,17-22H2,3-4H3/t26-,27+,28+,30?,34?/m1/s1. The van der Waals surface area contributed by atoms with Crippen LogP contribution in [0.1, 0.15) is 36.8 Å². The number of aryl methyl sites for hydroxylation is 2. The van der Waals surface area contributed by atoms with Gasteiger partial charge in [0.15, 0.2) is 0 Å². The van der Waals surface area contributed by atoms with Crippen molar-refractivity contribution in [2.45, 2.75) is 55.6 Å². The van der Waals surface area contributed by atoms with Gasteiger partial charge in [-0.15, -0.1) is 24.9 Å². The molecule has 3 aliphatic heterocycles. The average molecular weight is 588 g/mol. The number of likely N-dealkylation sites (tertiary alicyclic amines) is 1. The molecule has 3 aliphatic rings. The fourth-order valence-corrected chi connectivity index (χ4v) is 9.59. The molecule has 5 rings (SSSR count). The van der Waals surface area contributed by atoms with Crippen LogP contribution in [0.25, 0.3) is 0 Å². The predicted octanol–water partition coefficient (Wildman–Crippen LogP) is 4.91. The average Bonchev–Trinajstić information content (AvgIpc) is 3.63. The molecule has 3 amide bonds. The number of carbonyl (C=O) groups excluding carboxylic acids is 3. The molecule has 2 aromatic rings. The van der Waals surface area contributed by atoms with Crippen LogP contribution in [-0.2, 0) is 14.4 Å². The maximum absolute atomic E-state index is 14.8. The summed E-state index contributed by atoms with van der Waals surface area (Å²) in [6.45, 7) is 12.8. The van der Waals surface area contributed by atoms with Gasteiger partial charge in [-0.25, -0.2) is 0 Å². The predicted molar refractivity (Wildman–Crippen MR) is 170 cm³/mol. The highest BCUT2D eigenvalue weighted by Crippen LogP contribution is 2.67. The second-order valence-electron chi connectivity index (χ2n) is 11.6. The molecule has 2 aromatic carbocycles. The lowest BCUT2D eigenvalue weighted by atomic mass is 9.70. The number of unbranched alkanes of at least 4 members (excludes halogenated alkanes) is 1. The Kier molecular flexibility index (Phi) is 8.94. The third-order valence-electron chi connectivity index (χ3n) is 9.06. The number of hydrogen-bond donors (Lipinski definition) is 1. The number of nitrogens with zero attached hydrogens (tertiary/aromatic N) is 3. The minimum absolute atomic E-state index is 0.0196. The molecular formula is C34H41N3O4S. The molecule has 2 unspecified atom stereocenters. The smallest absolute Gasteiger partial charge is 0.251 e. The highest BCUT2D eigenvalue weighted by molar-refractivity contribution is 8.02. The molecule has 0 radical (unpaired) electrons. The molecule has 222 valence electrons. The van der Waals surface area contributed by atoms with Gasteiger partial charge < -0.3 is 19.8 Å². The number of fused-ring (bicyclic) bond motifs is 1. The SMILES string of the molecule is C=CCN(C(=O)[C@@H]1[C@H]2C(=O)N(CCCCO)C(C(=O)N(CC=C)c3c(C)cccc3C)C23CC[C@H]1S3)c1ccccc1. The van der Waals surface area contributed by atoms with E-state index in [2.05, 4.69) is 13.2 Å². The summed E-state index contributed by atoms with van der Waals surface area (Å²) < 4.78 is -0.690. The Hall–Kier alpha value is -3.36. The van der Waals surface area contributed by atoms with Crippen LogP contribution in [0.4, 0.5) is 11.4 Å². The number of aliphatic hydroxyl groups is 1. The normalized spacial score (nSPS) is 25.8. The van der Waals surface area contributed by atoms with Crippen molar-refractivity contribution in [3.63, 3.8) is 0 Å². The molecule has 3 heterocycles. The summed E-state index contributed by atoms with van der Waals surface area (Å²) >= 11 is 1.68. The number of benzene rings is 2. The van der Waals surface area contributed by atoms with Gasteiger partial charge in [-0.2, -0.15) is 0 Å². The van der Waals surface area contributed by atoms with E-state index in [1.165, 1.54) is 0 Å². The minimum atomic E-state index is -0.704. The Bertz CT molecular complexity index is 1340. The van der Waals surface area contributed by atoms with Crippen molar-refractivity contribution in [2.75, 3.05) is 36.0 Å². The molecule has 3 saturated heterocycles. The van der Waals surface area contributed by atoms with Crippen LogP contribution in [0.3, 0.4) is 0 Å². The van der Waals surface area contributed by atoms with Crippen LogP contribution >= 0.6 is 11.8 Å². The zero-order chi connectivity index (χ0) is 30.0. The molecule has 0 aliphatic carbocycles. The Balaban J connectivity index is 1.57. The van der Waals surface area contributed by atoms with Crippen molar-refractivity contribution >= 4 is 40.9 Å². The van der Waals surface area contributed by atoms with E-state index >= 15 is 0 Å². The molecule has 42 heavy (non-hydrogen) atoms. The van der Waals surface area contributed by atoms with Crippen molar-refractivity contribution < 1.29 is 19.5 Å². The Morgan fingerprint density at radius 3 is 2.31 bits per heavy atom. The summed E-state index contributed by atoms with van der Waals surface area (Å²) in [5.74, 6) is -1.44. The molecular weight excluding hydrogens is 546 g/mol. The van der Waals surface area contributed by atoms with E-state index in [9.17, 15) is 19.5 Å². The number of aliphatic hydroxyl groups excluding tert-OH is 1. The summed E-state index contributed by atoms with van der Waals surface area (Å²) in [6, 6.07) is 14.8. The second kappa shape index (κ2) is 12.5. The number of para-hydroxylation sites is 2. The van der Waals surface area contributed by atoms with E-state index in [0.29, 0.717) is 38.9 Å². The maximum Gasteiger partial charge on any atom is 0.251 e. The maximum atomic E-state index is 14.8. The Morgan fingerprint density at radius 1 is 1.00 bits per heavy atom. The fourth-order valence-electron chi connectivity index (χ4n) is 7.39. The van der Waals surface area contributed by atoms with Crippen molar-refractivity contribution in [2.24, 2.45) is 11.8 Å². The summed E-state index contributed by atoms with van der Waals surface area (Å²) in [6.07, 6.45) is 6.04. The zero-order valence-corrected chi connectivity index (χ0v) is 25.4. The molecule has 1 N–H and O–H groups in total. The van der Waals surface area contributed by atoms with Gasteiger partial charge in [0.05, 0.1) is 16.6 Å². The third-order valence-corrected chi connectivity index (χ3v) is 11.0. The van der Waals surface area contributed by atoms with Gasteiger partial charge in [-0.1, -0.05) is 48.6 Å². The molecule has 3 fully saturated rings. The quantitative estimate of drug-likeness (QED) is 0.282. The lowest BCUT2D eigenvalue weighted by molar-refractivity contribution is -0.139. The first-order valence-corrected chi connectivity index (χ1v) is 15.7. The van der Waals surface area contributed by atoms with Crippen molar-refractivity contribution in [1.82, 2.24) is 4.90 Å². The molecule has 8 heteroatoms. The van der Waals surface area contributed by atoms with Crippen LogP contribution in [0.5, 0.6) is 0 Å². The highest BCUT2D eigenvalue weighted by atomic mass is 32.2. The van der Waals surface area contributed by atoms with Gasteiger partial charge in [-0.05, 0) is 62.8 Å².